The van der Waals surface area contributed by atoms with Gasteiger partial charge in [-0.3, -0.25) is 14.5 Å². The van der Waals surface area contributed by atoms with Crippen LogP contribution in [-0.4, -0.2) is 14.3 Å². The van der Waals surface area contributed by atoms with Gasteiger partial charge >= 0.3 is 0 Å². The van der Waals surface area contributed by atoms with Crippen LogP contribution in [0.5, 0.6) is 0 Å². The molecule has 6 heteroatoms. The first-order chi connectivity index (χ1) is 9.74. The molecule has 0 fully saturated rings. The first-order valence-electron chi connectivity index (χ1n) is 6.13. The van der Waals surface area contributed by atoms with E-state index in [1.807, 2.05) is 34.9 Å². The van der Waals surface area contributed by atoms with E-state index in [0.717, 1.165) is 17.0 Å². The van der Waals surface area contributed by atoms with Crippen molar-refractivity contribution in [1.82, 2.24) is 9.38 Å². The number of fused-ring (bicyclic) bond motifs is 1. The van der Waals surface area contributed by atoms with Gasteiger partial charge in [0.15, 0.2) is 0 Å². The molecular weight excluding hydrogens is 256 g/mol. The topological polar surface area (TPSA) is 72.5 Å². The molecule has 0 unspecified atom stereocenters. The minimum Gasteiger partial charge on any atom is -0.367 e. The molecule has 0 saturated heterocycles. The van der Waals surface area contributed by atoms with Crippen LogP contribution in [0.3, 0.4) is 0 Å². The van der Waals surface area contributed by atoms with Gasteiger partial charge in [0.2, 0.25) is 0 Å². The van der Waals surface area contributed by atoms with Gasteiger partial charge in [-0.25, -0.2) is 4.98 Å². The van der Waals surface area contributed by atoms with Crippen molar-refractivity contribution in [2.75, 3.05) is 5.32 Å². The predicted molar refractivity (Wildman–Crippen MR) is 75.6 cm³/mol. The number of nitrogens with one attached hydrogen (secondary N) is 1. The number of nitro benzene ring substituents is 1. The molecule has 0 spiro atoms. The Morgan fingerprint density at radius 2 is 2.10 bits per heavy atom. The molecule has 20 heavy (non-hydrogen) atoms. The third-order valence-electron chi connectivity index (χ3n) is 3.02. The SMILES string of the molecule is O=[N+]([O-])c1cccc(CNc2cccc3nccn23)c1. The van der Waals surface area contributed by atoms with Crippen molar-refractivity contribution in [2.45, 2.75) is 6.54 Å². The number of aromatic nitrogens is 2. The number of imidazole rings is 1. The van der Waals surface area contributed by atoms with Crippen molar-refractivity contribution in [3.8, 4) is 0 Å². The lowest BCUT2D eigenvalue weighted by Crippen LogP contribution is -2.04. The fourth-order valence-electron chi connectivity index (χ4n) is 2.06. The maximum Gasteiger partial charge on any atom is 0.269 e. The van der Waals surface area contributed by atoms with Crippen molar-refractivity contribution >= 4 is 17.2 Å². The molecule has 1 N–H and O–H groups in total. The lowest BCUT2D eigenvalue weighted by Gasteiger charge is -2.08. The molecule has 0 aliphatic heterocycles. The molecule has 0 atom stereocenters. The highest BCUT2D eigenvalue weighted by Crippen LogP contribution is 2.16. The standard InChI is InChI=1S/C14H12N4O2/c19-18(20)12-4-1-3-11(9-12)10-16-14-6-2-5-13-15-7-8-17(13)14/h1-9,16H,10H2. The van der Waals surface area contributed by atoms with Crippen LogP contribution in [0.4, 0.5) is 11.5 Å². The van der Waals surface area contributed by atoms with Crippen LogP contribution in [0, 0.1) is 10.1 Å². The molecule has 0 aliphatic rings. The molecule has 0 aliphatic carbocycles. The first kappa shape index (κ1) is 12.2. The number of rotatable bonds is 4. The summed E-state index contributed by atoms with van der Waals surface area (Å²) in [6.07, 6.45) is 3.60. The average molecular weight is 268 g/mol. The van der Waals surface area contributed by atoms with Gasteiger partial charge in [0.05, 0.1) is 4.92 Å². The van der Waals surface area contributed by atoms with Crippen LogP contribution in [-0.2, 0) is 6.54 Å². The summed E-state index contributed by atoms with van der Waals surface area (Å²) in [6.45, 7) is 0.513. The zero-order valence-electron chi connectivity index (χ0n) is 10.6. The van der Waals surface area contributed by atoms with Gasteiger partial charge < -0.3 is 5.32 Å². The zero-order valence-corrected chi connectivity index (χ0v) is 10.6. The molecule has 0 bridgehead atoms. The van der Waals surface area contributed by atoms with Gasteiger partial charge in [-0.2, -0.15) is 0 Å². The second-order valence-electron chi connectivity index (χ2n) is 4.35. The van der Waals surface area contributed by atoms with E-state index in [-0.39, 0.29) is 10.6 Å². The molecule has 0 radical (unpaired) electrons. The monoisotopic (exact) mass is 268 g/mol. The minimum atomic E-state index is -0.389. The van der Waals surface area contributed by atoms with Crippen LogP contribution in [0.2, 0.25) is 0 Å². The van der Waals surface area contributed by atoms with Crippen molar-refractivity contribution in [2.24, 2.45) is 0 Å². The number of pyridine rings is 1. The van der Waals surface area contributed by atoms with Gasteiger partial charge in [0.1, 0.15) is 11.5 Å². The fraction of sp³-hybridized carbons (Fsp3) is 0.0714. The number of nitrogens with zero attached hydrogens (tertiary/aromatic N) is 3. The van der Waals surface area contributed by atoms with Gasteiger partial charge in [-0.05, 0) is 17.7 Å². The third kappa shape index (κ3) is 2.31. The van der Waals surface area contributed by atoms with Crippen LogP contribution in [0.15, 0.2) is 54.9 Å². The van der Waals surface area contributed by atoms with Crippen molar-refractivity contribution < 1.29 is 4.92 Å². The Balaban J connectivity index is 1.81. The van der Waals surface area contributed by atoms with E-state index in [0.29, 0.717) is 6.54 Å². The number of benzene rings is 1. The molecule has 2 heterocycles. The predicted octanol–water partition coefficient (Wildman–Crippen LogP) is 2.85. The Kier molecular flexibility index (Phi) is 3.04. The van der Waals surface area contributed by atoms with E-state index in [4.69, 9.17) is 0 Å². The summed E-state index contributed by atoms with van der Waals surface area (Å²) >= 11 is 0. The maximum atomic E-state index is 10.7. The van der Waals surface area contributed by atoms with Gasteiger partial charge in [-0.1, -0.05) is 18.2 Å². The second kappa shape index (κ2) is 5.00. The Hall–Kier alpha value is -2.89. The highest BCUT2D eigenvalue weighted by Gasteiger charge is 2.06. The van der Waals surface area contributed by atoms with Gasteiger partial charge in [-0.15, -0.1) is 0 Å². The number of nitro groups is 1. The summed E-state index contributed by atoms with van der Waals surface area (Å²) in [7, 11) is 0. The molecule has 6 nitrogen and oxygen atoms in total. The Morgan fingerprint density at radius 1 is 1.25 bits per heavy atom. The molecular formula is C14H12N4O2. The fourth-order valence-corrected chi connectivity index (χ4v) is 2.06. The maximum absolute atomic E-state index is 10.7. The smallest absolute Gasteiger partial charge is 0.269 e. The first-order valence-corrected chi connectivity index (χ1v) is 6.13. The van der Waals surface area contributed by atoms with Gasteiger partial charge in [0, 0.05) is 31.1 Å². The molecule has 100 valence electrons. The van der Waals surface area contributed by atoms with E-state index in [9.17, 15) is 10.1 Å². The van der Waals surface area contributed by atoms with Crippen LogP contribution < -0.4 is 5.32 Å². The van der Waals surface area contributed by atoms with Crippen molar-refractivity contribution in [1.29, 1.82) is 0 Å². The number of non-ortho nitro benzene ring substituents is 1. The molecule has 1 aromatic carbocycles. The summed E-state index contributed by atoms with van der Waals surface area (Å²) in [5.74, 6) is 0.895. The van der Waals surface area contributed by atoms with E-state index in [2.05, 4.69) is 10.3 Å². The summed E-state index contributed by atoms with van der Waals surface area (Å²) in [5, 5.41) is 14.0. The van der Waals surface area contributed by atoms with E-state index in [1.165, 1.54) is 6.07 Å². The molecule has 0 saturated carbocycles. The normalized spacial score (nSPS) is 10.6. The van der Waals surface area contributed by atoms with E-state index in [1.54, 1.807) is 18.3 Å². The quantitative estimate of drug-likeness (QED) is 0.583. The number of hydrogen-bond donors (Lipinski definition) is 1. The molecule has 2 aromatic heterocycles. The van der Waals surface area contributed by atoms with Crippen molar-refractivity contribution in [3.05, 3.63) is 70.5 Å². The minimum absolute atomic E-state index is 0.102. The molecule has 3 aromatic rings. The highest BCUT2D eigenvalue weighted by molar-refractivity contribution is 5.50. The third-order valence-corrected chi connectivity index (χ3v) is 3.02. The Labute approximate surface area is 114 Å². The van der Waals surface area contributed by atoms with Gasteiger partial charge in [0.25, 0.3) is 5.69 Å². The highest BCUT2D eigenvalue weighted by atomic mass is 16.6. The molecule has 0 amide bonds. The summed E-state index contributed by atoms with van der Waals surface area (Å²) in [6, 6.07) is 12.4. The number of anilines is 1. The molecule has 3 rings (SSSR count). The lowest BCUT2D eigenvalue weighted by molar-refractivity contribution is -0.384. The average Bonchev–Trinajstić information content (AvgIpc) is 2.94. The van der Waals surface area contributed by atoms with Crippen LogP contribution in [0.25, 0.3) is 5.65 Å². The lowest BCUT2D eigenvalue weighted by atomic mass is 10.2. The van der Waals surface area contributed by atoms with Crippen LogP contribution >= 0.6 is 0 Å². The summed E-state index contributed by atoms with van der Waals surface area (Å²) in [4.78, 5) is 14.6. The van der Waals surface area contributed by atoms with Crippen LogP contribution in [0.1, 0.15) is 5.56 Å². The zero-order chi connectivity index (χ0) is 13.9. The largest absolute Gasteiger partial charge is 0.367 e. The van der Waals surface area contributed by atoms with Crippen molar-refractivity contribution in [3.63, 3.8) is 0 Å². The number of hydrogen-bond acceptors (Lipinski definition) is 4. The van der Waals surface area contributed by atoms with E-state index < -0.39 is 0 Å². The summed E-state index contributed by atoms with van der Waals surface area (Å²) in [5.41, 5.74) is 1.82. The Bertz CT molecular complexity index is 766. The summed E-state index contributed by atoms with van der Waals surface area (Å²) < 4.78 is 1.93. The Morgan fingerprint density at radius 3 is 2.95 bits per heavy atom. The second-order valence-corrected chi connectivity index (χ2v) is 4.35. The van der Waals surface area contributed by atoms with E-state index >= 15 is 0 Å².